The third kappa shape index (κ3) is 2.12. The van der Waals surface area contributed by atoms with Crippen LogP contribution in [0.5, 0.6) is 0 Å². The molecule has 0 saturated carbocycles. The van der Waals surface area contributed by atoms with Gasteiger partial charge in [-0.15, -0.1) is 0 Å². The van der Waals surface area contributed by atoms with Gasteiger partial charge in [-0.1, -0.05) is 15.9 Å². The summed E-state index contributed by atoms with van der Waals surface area (Å²) in [6.07, 6.45) is -2.80. The van der Waals surface area contributed by atoms with Gasteiger partial charge in [-0.25, -0.2) is 18.2 Å². The highest BCUT2D eigenvalue weighted by molar-refractivity contribution is 9.08. The molecular formula is C7H6BrF3N2. The van der Waals surface area contributed by atoms with Crippen molar-refractivity contribution in [1.82, 2.24) is 4.98 Å². The number of hydrogen-bond acceptors (Lipinski definition) is 2. The Bertz CT molecular complexity index is 294. The molecular weight excluding hydrogens is 249 g/mol. The zero-order valence-corrected chi connectivity index (χ0v) is 7.98. The maximum atomic E-state index is 13.0. The number of rotatable bonds is 2. The van der Waals surface area contributed by atoms with Crippen molar-refractivity contribution in [3.63, 3.8) is 0 Å². The lowest BCUT2D eigenvalue weighted by Crippen LogP contribution is -2.03. The van der Waals surface area contributed by atoms with Crippen LogP contribution in [0.4, 0.5) is 19.0 Å². The molecule has 1 heterocycles. The van der Waals surface area contributed by atoms with Crippen LogP contribution in [0.25, 0.3) is 0 Å². The van der Waals surface area contributed by atoms with E-state index in [-0.39, 0.29) is 16.7 Å². The number of alkyl halides is 3. The standard InChI is InChI=1S/C7H6BrF3N2/c8-2-3-4(9)1-5(6(10)11)13-7(3)12/h1,6H,2H2,(H2,12,13). The van der Waals surface area contributed by atoms with Crippen molar-refractivity contribution in [2.75, 3.05) is 5.73 Å². The molecule has 0 spiro atoms. The quantitative estimate of drug-likeness (QED) is 0.825. The fourth-order valence-electron chi connectivity index (χ4n) is 0.822. The van der Waals surface area contributed by atoms with Crippen molar-refractivity contribution in [2.24, 2.45) is 0 Å². The number of nitrogens with zero attached hydrogens (tertiary/aromatic N) is 1. The van der Waals surface area contributed by atoms with E-state index >= 15 is 0 Å². The second kappa shape index (κ2) is 3.95. The molecule has 1 rings (SSSR count). The molecule has 0 radical (unpaired) electrons. The van der Waals surface area contributed by atoms with Gasteiger partial charge in [-0.3, -0.25) is 0 Å². The van der Waals surface area contributed by atoms with Gasteiger partial charge in [-0.05, 0) is 0 Å². The van der Waals surface area contributed by atoms with Gasteiger partial charge in [0.1, 0.15) is 17.3 Å². The van der Waals surface area contributed by atoms with Crippen LogP contribution in [0, 0.1) is 5.82 Å². The van der Waals surface area contributed by atoms with Crippen LogP contribution >= 0.6 is 15.9 Å². The smallest absolute Gasteiger partial charge is 0.280 e. The van der Waals surface area contributed by atoms with E-state index in [2.05, 4.69) is 20.9 Å². The summed E-state index contributed by atoms with van der Waals surface area (Å²) in [5, 5.41) is 0.154. The minimum Gasteiger partial charge on any atom is -0.383 e. The summed E-state index contributed by atoms with van der Waals surface area (Å²) < 4.78 is 37.1. The van der Waals surface area contributed by atoms with Crippen molar-refractivity contribution in [1.29, 1.82) is 0 Å². The Labute approximate surface area is 81.1 Å². The molecule has 0 amide bonds. The maximum Gasteiger partial charge on any atom is 0.280 e. The van der Waals surface area contributed by atoms with E-state index in [0.717, 1.165) is 0 Å². The topological polar surface area (TPSA) is 38.9 Å². The van der Waals surface area contributed by atoms with Crippen molar-refractivity contribution >= 4 is 21.7 Å². The minimum absolute atomic E-state index is 0.101. The zero-order chi connectivity index (χ0) is 10.0. The molecule has 0 fully saturated rings. The molecule has 0 saturated heterocycles. The first-order valence-electron chi connectivity index (χ1n) is 3.35. The van der Waals surface area contributed by atoms with Gasteiger partial charge in [0.05, 0.1) is 0 Å². The molecule has 0 atom stereocenters. The number of anilines is 1. The second-order valence-corrected chi connectivity index (χ2v) is 2.89. The van der Waals surface area contributed by atoms with Crippen LogP contribution in [0.1, 0.15) is 17.7 Å². The van der Waals surface area contributed by atoms with Crippen LogP contribution in [0.15, 0.2) is 6.07 Å². The zero-order valence-electron chi connectivity index (χ0n) is 6.40. The van der Waals surface area contributed by atoms with Crippen LogP contribution in [0.2, 0.25) is 0 Å². The fourth-order valence-corrected chi connectivity index (χ4v) is 1.38. The molecule has 0 aliphatic heterocycles. The first-order chi connectivity index (χ1) is 6.06. The average Bonchev–Trinajstić information content (AvgIpc) is 2.03. The molecule has 13 heavy (non-hydrogen) atoms. The van der Waals surface area contributed by atoms with Crippen molar-refractivity contribution in [3.8, 4) is 0 Å². The van der Waals surface area contributed by atoms with Crippen molar-refractivity contribution in [3.05, 3.63) is 23.1 Å². The summed E-state index contributed by atoms with van der Waals surface area (Å²) in [4.78, 5) is 3.36. The van der Waals surface area contributed by atoms with Gasteiger partial charge in [0.25, 0.3) is 6.43 Å². The lowest BCUT2D eigenvalue weighted by Gasteiger charge is -2.05. The summed E-state index contributed by atoms with van der Waals surface area (Å²) in [6, 6.07) is 0.692. The molecule has 0 aliphatic carbocycles. The van der Waals surface area contributed by atoms with E-state index in [0.29, 0.717) is 6.07 Å². The number of aromatic nitrogens is 1. The highest BCUT2D eigenvalue weighted by atomic mass is 79.9. The van der Waals surface area contributed by atoms with Gasteiger partial charge in [-0.2, -0.15) is 0 Å². The third-order valence-corrected chi connectivity index (χ3v) is 2.04. The maximum absolute atomic E-state index is 13.0. The van der Waals surface area contributed by atoms with Crippen LogP contribution < -0.4 is 5.73 Å². The van der Waals surface area contributed by atoms with Gasteiger partial charge in [0, 0.05) is 17.0 Å². The van der Waals surface area contributed by atoms with E-state index in [9.17, 15) is 13.2 Å². The number of hydrogen-bond donors (Lipinski definition) is 1. The first kappa shape index (κ1) is 10.3. The Hall–Kier alpha value is -0.780. The molecule has 2 N–H and O–H groups in total. The summed E-state index contributed by atoms with van der Waals surface area (Å²) in [5.74, 6) is -0.966. The summed E-state index contributed by atoms with van der Waals surface area (Å²) >= 11 is 2.97. The van der Waals surface area contributed by atoms with Gasteiger partial charge in [0.15, 0.2) is 0 Å². The molecule has 72 valence electrons. The Morgan fingerprint density at radius 2 is 2.15 bits per heavy atom. The summed E-state index contributed by atoms with van der Waals surface area (Å²) in [7, 11) is 0. The monoisotopic (exact) mass is 254 g/mol. The van der Waals surface area contributed by atoms with E-state index in [1.54, 1.807) is 0 Å². The lowest BCUT2D eigenvalue weighted by molar-refractivity contribution is 0.145. The molecule has 1 aromatic rings. The van der Waals surface area contributed by atoms with E-state index < -0.39 is 17.9 Å². The Morgan fingerprint density at radius 1 is 1.54 bits per heavy atom. The van der Waals surface area contributed by atoms with E-state index in [4.69, 9.17) is 5.73 Å². The highest BCUT2D eigenvalue weighted by Crippen LogP contribution is 2.23. The first-order valence-corrected chi connectivity index (χ1v) is 4.47. The molecule has 6 heteroatoms. The number of nitrogen functional groups attached to an aromatic ring is 1. The normalized spacial score (nSPS) is 10.8. The fraction of sp³-hybridized carbons (Fsp3) is 0.286. The largest absolute Gasteiger partial charge is 0.383 e. The molecule has 0 bridgehead atoms. The number of nitrogens with two attached hydrogens (primary N) is 1. The lowest BCUT2D eigenvalue weighted by atomic mass is 10.2. The highest BCUT2D eigenvalue weighted by Gasteiger charge is 2.15. The van der Waals surface area contributed by atoms with Crippen molar-refractivity contribution in [2.45, 2.75) is 11.8 Å². The molecule has 0 unspecified atom stereocenters. The van der Waals surface area contributed by atoms with Crippen LogP contribution in [-0.4, -0.2) is 4.98 Å². The minimum atomic E-state index is -2.80. The Morgan fingerprint density at radius 3 is 2.54 bits per heavy atom. The summed E-state index contributed by atoms with van der Waals surface area (Å²) in [5.41, 5.74) is 4.72. The molecule has 0 aliphatic rings. The predicted molar refractivity (Wildman–Crippen MR) is 46.2 cm³/mol. The molecule has 2 nitrogen and oxygen atoms in total. The van der Waals surface area contributed by atoms with Gasteiger partial charge < -0.3 is 5.73 Å². The molecule has 1 aromatic heterocycles. The average molecular weight is 255 g/mol. The van der Waals surface area contributed by atoms with E-state index in [1.165, 1.54) is 0 Å². The van der Waals surface area contributed by atoms with Gasteiger partial charge >= 0.3 is 0 Å². The number of halogens is 4. The predicted octanol–water partition coefficient (Wildman–Crippen LogP) is 2.64. The SMILES string of the molecule is Nc1nc(C(F)F)cc(F)c1CBr. The van der Waals surface area contributed by atoms with Gasteiger partial charge in [0.2, 0.25) is 0 Å². The van der Waals surface area contributed by atoms with E-state index in [1.807, 2.05) is 0 Å². The molecule has 0 aromatic carbocycles. The summed E-state index contributed by atoms with van der Waals surface area (Å²) in [6.45, 7) is 0. The number of pyridine rings is 1. The Kier molecular flexibility index (Phi) is 3.13. The van der Waals surface area contributed by atoms with Crippen LogP contribution in [-0.2, 0) is 5.33 Å². The third-order valence-electron chi connectivity index (χ3n) is 1.48. The Balaban J connectivity index is 3.20. The van der Waals surface area contributed by atoms with Crippen LogP contribution in [0.3, 0.4) is 0 Å². The van der Waals surface area contributed by atoms with Crippen molar-refractivity contribution < 1.29 is 13.2 Å². The second-order valence-electron chi connectivity index (χ2n) is 2.33.